The summed E-state index contributed by atoms with van der Waals surface area (Å²) in [7, 11) is 0. The van der Waals surface area contributed by atoms with Crippen molar-refractivity contribution in [2.75, 3.05) is 0 Å². The van der Waals surface area contributed by atoms with Crippen molar-refractivity contribution in [3.05, 3.63) is 24.0 Å². The van der Waals surface area contributed by atoms with Crippen LogP contribution in [0.2, 0.25) is 0 Å². The van der Waals surface area contributed by atoms with Crippen molar-refractivity contribution in [1.82, 2.24) is 10.1 Å². The molecule has 2 aromatic rings. The molecule has 6 heteroatoms. The van der Waals surface area contributed by atoms with E-state index in [1.54, 1.807) is 6.07 Å². The van der Waals surface area contributed by atoms with E-state index in [0.29, 0.717) is 22.5 Å². The van der Waals surface area contributed by atoms with Gasteiger partial charge in [-0.25, -0.2) is 0 Å². The smallest absolute Gasteiger partial charge is 0.258 e. The Balaban J connectivity index is 1.63. The zero-order chi connectivity index (χ0) is 14.7. The van der Waals surface area contributed by atoms with Gasteiger partial charge in [0.2, 0.25) is 0 Å². The molecule has 112 valence electrons. The molecule has 0 amide bonds. The molecule has 21 heavy (non-hydrogen) atoms. The Labute approximate surface area is 127 Å². The van der Waals surface area contributed by atoms with Gasteiger partial charge in [0.1, 0.15) is 0 Å². The number of aromatic hydroxyl groups is 2. The maximum absolute atomic E-state index is 9.50. The van der Waals surface area contributed by atoms with Gasteiger partial charge in [-0.3, -0.25) is 0 Å². The standard InChI is InChI=1S/C15H18N2O3S/c18-12-7-6-10(8-13(12)19)15-16-14(17-20-15)9-21-11-4-2-1-3-5-11/h6-8,11,18-19H,1-5,9H2. The van der Waals surface area contributed by atoms with Crippen LogP contribution in [0, 0.1) is 0 Å². The Bertz CT molecular complexity index is 609. The van der Waals surface area contributed by atoms with Crippen molar-refractivity contribution in [3.63, 3.8) is 0 Å². The summed E-state index contributed by atoms with van der Waals surface area (Å²) in [6.07, 6.45) is 6.56. The molecule has 1 saturated carbocycles. The van der Waals surface area contributed by atoms with Crippen LogP contribution in [0.15, 0.2) is 22.7 Å². The first kappa shape index (κ1) is 14.3. The van der Waals surface area contributed by atoms with Gasteiger partial charge in [0.25, 0.3) is 5.89 Å². The van der Waals surface area contributed by atoms with Crippen molar-refractivity contribution in [1.29, 1.82) is 0 Å². The minimum absolute atomic E-state index is 0.161. The number of phenols is 2. The molecule has 0 unspecified atom stereocenters. The lowest BCUT2D eigenvalue weighted by atomic mass is 10.0. The van der Waals surface area contributed by atoms with E-state index in [1.807, 2.05) is 11.8 Å². The summed E-state index contributed by atoms with van der Waals surface area (Å²) >= 11 is 1.89. The van der Waals surface area contributed by atoms with Crippen LogP contribution in [0.4, 0.5) is 0 Å². The highest BCUT2D eigenvalue weighted by atomic mass is 32.2. The first-order valence-electron chi connectivity index (χ1n) is 7.19. The topological polar surface area (TPSA) is 79.4 Å². The maximum Gasteiger partial charge on any atom is 0.258 e. The van der Waals surface area contributed by atoms with Gasteiger partial charge >= 0.3 is 0 Å². The molecule has 1 aliphatic rings. The lowest BCUT2D eigenvalue weighted by molar-refractivity contribution is 0.402. The number of rotatable bonds is 4. The third kappa shape index (κ3) is 3.50. The molecule has 0 saturated heterocycles. The number of aromatic nitrogens is 2. The predicted octanol–water partition coefficient (Wildman–Crippen LogP) is 3.71. The Kier molecular flexibility index (Phi) is 4.34. The molecule has 1 fully saturated rings. The first-order chi connectivity index (χ1) is 10.2. The molecular weight excluding hydrogens is 288 g/mol. The van der Waals surface area contributed by atoms with Gasteiger partial charge in [0.05, 0.1) is 5.75 Å². The molecule has 1 aromatic heterocycles. The number of thioether (sulfide) groups is 1. The largest absolute Gasteiger partial charge is 0.504 e. The molecule has 0 radical (unpaired) electrons. The predicted molar refractivity (Wildman–Crippen MR) is 81.2 cm³/mol. The zero-order valence-corrected chi connectivity index (χ0v) is 12.5. The van der Waals surface area contributed by atoms with Crippen molar-refractivity contribution in [2.24, 2.45) is 0 Å². The molecule has 1 aromatic carbocycles. The van der Waals surface area contributed by atoms with Crippen LogP contribution in [0.3, 0.4) is 0 Å². The summed E-state index contributed by atoms with van der Waals surface area (Å²) in [5, 5.41) is 23.5. The minimum Gasteiger partial charge on any atom is -0.504 e. The molecule has 0 aliphatic heterocycles. The number of hydrogen-bond acceptors (Lipinski definition) is 6. The summed E-state index contributed by atoms with van der Waals surface area (Å²) in [6, 6.07) is 4.47. The number of hydrogen-bond donors (Lipinski definition) is 2. The van der Waals surface area contributed by atoms with Crippen LogP contribution in [0.25, 0.3) is 11.5 Å². The van der Waals surface area contributed by atoms with Crippen LogP contribution >= 0.6 is 11.8 Å². The average molecular weight is 306 g/mol. The van der Waals surface area contributed by atoms with Crippen LogP contribution < -0.4 is 0 Å². The quantitative estimate of drug-likeness (QED) is 0.838. The summed E-state index contributed by atoms with van der Waals surface area (Å²) in [5.74, 6) is 1.44. The van der Waals surface area contributed by atoms with Crippen LogP contribution in [0.1, 0.15) is 37.9 Å². The van der Waals surface area contributed by atoms with E-state index in [4.69, 9.17) is 4.52 Å². The van der Waals surface area contributed by atoms with Crippen molar-refractivity contribution < 1.29 is 14.7 Å². The Morgan fingerprint density at radius 1 is 1.14 bits per heavy atom. The third-order valence-corrected chi connectivity index (χ3v) is 5.06. The molecule has 2 N–H and O–H groups in total. The second-order valence-corrected chi connectivity index (χ2v) is 6.58. The lowest BCUT2D eigenvalue weighted by Crippen LogP contribution is -2.08. The summed E-state index contributed by atoms with van der Waals surface area (Å²) < 4.78 is 5.22. The number of nitrogens with zero attached hydrogens (tertiary/aromatic N) is 2. The van der Waals surface area contributed by atoms with Crippen LogP contribution in [0.5, 0.6) is 11.5 Å². The highest BCUT2D eigenvalue weighted by Gasteiger charge is 2.16. The SMILES string of the molecule is Oc1ccc(-c2nc(CSC3CCCCC3)no2)cc1O. The van der Waals surface area contributed by atoms with Crippen LogP contribution in [-0.2, 0) is 5.75 Å². The van der Waals surface area contributed by atoms with E-state index >= 15 is 0 Å². The Hall–Kier alpha value is -1.69. The number of benzene rings is 1. The van der Waals surface area contributed by atoms with Gasteiger partial charge in [-0.1, -0.05) is 24.4 Å². The zero-order valence-electron chi connectivity index (χ0n) is 11.7. The fourth-order valence-electron chi connectivity index (χ4n) is 2.51. The van der Waals surface area contributed by atoms with E-state index < -0.39 is 0 Å². The lowest BCUT2D eigenvalue weighted by Gasteiger charge is -2.19. The normalized spacial score (nSPS) is 16.2. The highest BCUT2D eigenvalue weighted by molar-refractivity contribution is 7.99. The third-order valence-electron chi connectivity index (χ3n) is 3.69. The monoisotopic (exact) mass is 306 g/mol. The van der Waals surface area contributed by atoms with Crippen molar-refractivity contribution >= 4 is 11.8 Å². The number of phenolic OH excluding ortho intramolecular Hbond substituents is 2. The molecule has 1 aliphatic carbocycles. The molecular formula is C15H18N2O3S. The fourth-order valence-corrected chi connectivity index (χ4v) is 3.68. The van der Waals surface area contributed by atoms with Gasteiger partial charge in [-0.05, 0) is 31.0 Å². The summed E-state index contributed by atoms with van der Waals surface area (Å²) in [4.78, 5) is 4.34. The van der Waals surface area contributed by atoms with Gasteiger partial charge < -0.3 is 14.7 Å². The first-order valence-corrected chi connectivity index (χ1v) is 8.24. The van der Waals surface area contributed by atoms with Crippen molar-refractivity contribution in [2.45, 2.75) is 43.1 Å². The summed E-state index contributed by atoms with van der Waals surface area (Å²) in [6.45, 7) is 0. The van der Waals surface area contributed by atoms with Gasteiger partial charge in [-0.2, -0.15) is 16.7 Å². The molecule has 0 atom stereocenters. The van der Waals surface area contributed by atoms with Gasteiger partial charge in [-0.15, -0.1) is 0 Å². The Morgan fingerprint density at radius 3 is 2.71 bits per heavy atom. The average Bonchev–Trinajstić information content (AvgIpc) is 2.98. The maximum atomic E-state index is 9.50. The molecule has 3 rings (SSSR count). The van der Waals surface area contributed by atoms with E-state index in [-0.39, 0.29) is 11.5 Å². The van der Waals surface area contributed by atoms with Crippen LogP contribution in [-0.4, -0.2) is 25.6 Å². The van der Waals surface area contributed by atoms with E-state index in [1.165, 1.54) is 44.2 Å². The molecule has 1 heterocycles. The second-order valence-electron chi connectivity index (χ2n) is 5.29. The van der Waals surface area contributed by atoms with Gasteiger partial charge in [0.15, 0.2) is 17.3 Å². The highest BCUT2D eigenvalue weighted by Crippen LogP contribution is 2.32. The molecule has 0 spiro atoms. The second kappa shape index (κ2) is 6.39. The molecule has 0 bridgehead atoms. The summed E-state index contributed by atoms with van der Waals surface area (Å²) in [5.41, 5.74) is 0.603. The van der Waals surface area contributed by atoms with Crippen molar-refractivity contribution in [3.8, 4) is 23.0 Å². The van der Waals surface area contributed by atoms with E-state index in [9.17, 15) is 10.2 Å². The van der Waals surface area contributed by atoms with E-state index in [2.05, 4.69) is 10.1 Å². The fraction of sp³-hybridized carbons (Fsp3) is 0.467. The minimum atomic E-state index is -0.191. The Morgan fingerprint density at radius 2 is 1.95 bits per heavy atom. The molecule has 5 nitrogen and oxygen atoms in total. The van der Waals surface area contributed by atoms with E-state index in [0.717, 1.165) is 5.75 Å². The van der Waals surface area contributed by atoms with Gasteiger partial charge in [0, 0.05) is 10.8 Å².